The van der Waals surface area contributed by atoms with Crippen LogP contribution in [-0.2, 0) is 0 Å². The van der Waals surface area contributed by atoms with Gasteiger partial charge in [-0.3, -0.25) is 4.79 Å². The van der Waals surface area contributed by atoms with Crippen LogP contribution in [0.4, 0.5) is 0 Å². The van der Waals surface area contributed by atoms with E-state index < -0.39 is 0 Å². The van der Waals surface area contributed by atoms with Crippen LogP contribution in [0.1, 0.15) is 17.4 Å². The second-order valence-corrected chi connectivity index (χ2v) is 4.04. The summed E-state index contributed by atoms with van der Waals surface area (Å²) in [6.07, 6.45) is 3.53. The molecule has 0 fully saturated rings. The number of fused-ring (bicyclic) bond motifs is 1. The van der Waals surface area contributed by atoms with E-state index in [4.69, 9.17) is 5.11 Å². The normalized spacial score (nSPS) is 12.6. The van der Waals surface area contributed by atoms with Gasteiger partial charge in [0.1, 0.15) is 11.3 Å². The van der Waals surface area contributed by atoms with Gasteiger partial charge in [0.25, 0.3) is 5.91 Å². The van der Waals surface area contributed by atoms with Crippen molar-refractivity contribution in [3.63, 3.8) is 0 Å². The third-order valence-electron chi connectivity index (χ3n) is 2.83. The Morgan fingerprint density at radius 3 is 3.00 bits per heavy atom. The fraction of sp³-hybridized carbons (Fsp3) is 0.333. The Hall–Kier alpha value is -1.88. The highest BCUT2D eigenvalue weighted by Gasteiger charge is 2.19. The molecular weight excluding hydrogens is 218 g/mol. The van der Waals surface area contributed by atoms with Crippen molar-refractivity contribution in [2.24, 2.45) is 0 Å². The molecule has 0 aliphatic heterocycles. The zero-order valence-electron chi connectivity index (χ0n) is 9.87. The lowest BCUT2D eigenvalue weighted by Crippen LogP contribution is -2.37. The minimum absolute atomic E-state index is 0.0599. The predicted molar refractivity (Wildman–Crippen MR) is 63.8 cm³/mol. The number of carbonyl (C=O) groups excluding carboxylic acids is 1. The summed E-state index contributed by atoms with van der Waals surface area (Å²) in [7, 11) is 1.66. The fourth-order valence-electron chi connectivity index (χ4n) is 1.54. The number of hydrogen-bond acceptors (Lipinski definition) is 3. The van der Waals surface area contributed by atoms with Gasteiger partial charge in [-0.2, -0.15) is 0 Å². The van der Waals surface area contributed by atoms with Crippen molar-refractivity contribution < 1.29 is 9.90 Å². The SMILES string of the molecule is CC(CO)N(C)C(=O)c1cn2ccccc2n1. The Bertz CT molecular complexity index is 502. The van der Waals surface area contributed by atoms with E-state index in [2.05, 4.69) is 4.98 Å². The van der Waals surface area contributed by atoms with E-state index in [0.717, 1.165) is 5.65 Å². The smallest absolute Gasteiger partial charge is 0.274 e. The summed E-state index contributed by atoms with van der Waals surface area (Å²) in [5.74, 6) is -0.185. The van der Waals surface area contributed by atoms with Crippen LogP contribution in [0.25, 0.3) is 5.65 Å². The molecule has 0 aliphatic rings. The standard InChI is InChI=1S/C12H15N3O2/c1-9(8-16)14(2)12(17)10-7-15-6-4-3-5-11(15)13-10/h3-7,9,16H,8H2,1-2H3. The molecule has 1 N–H and O–H groups in total. The van der Waals surface area contributed by atoms with Crippen molar-refractivity contribution >= 4 is 11.6 Å². The summed E-state index contributed by atoms with van der Waals surface area (Å²) in [5.41, 5.74) is 1.12. The maximum atomic E-state index is 12.1. The quantitative estimate of drug-likeness (QED) is 0.852. The molecule has 0 saturated carbocycles. The van der Waals surface area contributed by atoms with E-state index >= 15 is 0 Å². The van der Waals surface area contributed by atoms with Crippen LogP contribution in [0.5, 0.6) is 0 Å². The predicted octanol–water partition coefficient (Wildman–Crippen LogP) is 0.787. The first kappa shape index (κ1) is 11.6. The number of amides is 1. The molecule has 2 rings (SSSR count). The molecule has 0 bridgehead atoms. The summed E-state index contributed by atoms with van der Waals surface area (Å²) in [6, 6.07) is 5.37. The van der Waals surface area contributed by atoms with Crippen LogP contribution in [0, 0.1) is 0 Å². The number of pyridine rings is 1. The zero-order chi connectivity index (χ0) is 12.4. The molecule has 0 aliphatic carbocycles. The average Bonchev–Trinajstić information content (AvgIpc) is 2.79. The second kappa shape index (κ2) is 4.55. The Morgan fingerprint density at radius 1 is 1.59 bits per heavy atom. The number of rotatable bonds is 3. The van der Waals surface area contributed by atoms with Crippen LogP contribution in [0.15, 0.2) is 30.6 Å². The second-order valence-electron chi connectivity index (χ2n) is 4.04. The first-order valence-corrected chi connectivity index (χ1v) is 5.45. The molecule has 0 aromatic carbocycles. The molecule has 1 unspecified atom stereocenters. The molecule has 2 heterocycles. The van der Waals surface area contributed by atoms with Crippen LogP contribution in [0.3, 0.4) is 0 Å². The topological polar surface area (TPSA) is 57.8 Å². The number of hydrogen-bond donors (Lipinski definition) is 1. The van der Waals surface area contributed by atoms with Crippen molar-refractivity contribution in [3.05, 3.63) is 36.3 Å². The Labute approximate surface area is 99.3 Å². The lowest BCUT2D eigenvalue weighted by atomic mass is 10.3. The molecule has 90 valence electrons. The minimum Gasteiger partial charge on any atom is -0.394 e. The third kappa shape index (κ3) is 2.14. The van der Waals surface area contributed by atoms with Gasteiger partial charge in [0.05, 0.1) is 12.6 Å². The largest absolute Gasteiger partial charge is 0.394 e. The van der Waals surface area contributed by atoms with E-state index in [9.17, 15) is 4.79 Å². The van der Waals surface area contributed by atoms with Crippen molar-refractivity contribution in [2.75, 3.05) is 13.7 Å². The van der Waals surface area contributed by atoms with Gasteiger partial charge < -0.3 is 14.4 Å². The van der Waals surface area contributed by atoms with Crippen LogP contribution >= 0.6 is 0 Å². The van der Waals surface area contributed by atoms with Gasteiger partial charge in [-0.05, 0) is 19.1 Å². The molecule has 1 atom stereocenters. The van der Waals surface area contributed by atoms with Crippen molar-refractivity contribution in [1.29, 1.82) is 0 Å². The van der Waals surface area contributed by atoms with Gasteiger partial charge >= 0.3 is 0 Å². The molecule has 0 spiro atoms. The van der Waals surface area contributed by atoms with Gasteiger partial charge in [-0.1, -0.05) is 6.07 Å². The lowest BCUT2D eigenvalue weighted by molar-refractivity contribution is 0.0677. The molecule has 1 amide bonds. The minimum atomic E-state index is -0.215. The van der Waals surface area contributed by atoms with Gasteiger partial charge in [0.15, 0.2) is 0 Å². The van der Waals surface area contributed by atoms with E-state index in [1.165, 1.54) is 4.90 Å². The Balaban J connectivity index is 2.30. The molecular formula is C12H15N3O2. The lowest BCUT2D eigenvalue weighted by Gasteiger charge is -2.21. The number of aromatic nitrogens is 2. The summed E-state index contributed by atoms with van der Waals surface area (Å²) < 4.78 is 1.80. The maximum absolute atomic E-state index is 12.1. The highest BCUT2D eigenvalue weighted by Crippen LogP contribution is 2.08. The van der Waals surface area contributed by atoms with Crippen LogP contribution in [0.2, 0.25) is 0 Å². The Kier molecular flexibility index (Phi) is 3.10. The number of aliphatic hydroxyl groups is 1. The fourth-order valence-corrected chi connectivity index (χ4v) is 1.54. The van der Waals surface area contributed by atoms with Gasteiger partial charge in [-0.15, -0.1) is 0 Å². The summed E-state index contributed by atoms with van der Waals surface area (Å²) in [6.45, 7) is 1.73. The summed E-state index contributed by atoms with van der Waals surface area (Å²) >= 11 is 0. The van der Waals surface area contributed by atoms with E-state index in [1.54, 1.807) is 24.6 Å². The average molecular weight is 233 g/mol. The highest BCUT2D eigenvalue weighted by molar-refractivity contribution is 5.92. The molecule has 2 aromatic heterocycles. The number of likely N-dealkylation sites (N-methyl/N-ethyl adjacent to an activating group) is 1. The van der Waals surface area contributed by atoms with Crippen molar-refractivity contribution in [2.45, 2.75) is 13.0 Å². The van der Waals surface area contributed by atoms with Gasteiger partial charge in [0.2, 0.25) is 0 Å². The summed E-state index contributed by atoms with van der Waals surface area (Å²) in [5, 5.41) is 9.02. The number of carbonyl (C=O) groups is 1. The van der Waals surface area contributed by atoms with E-state index in [-0.39, 0.29) is 18.6 Å². The summed E-state index contributed by atoms with van der Waals surface area (Å²) in [4.78, 5) is 17.8. The number of nitrogens with zero attached hydrogens (tertiary/aromatic N) is 3. The molecule has 5 heteroatoms. The molecule has 0 radical (unpaired) electrons. The Morgan fingerprint density at radius 2 is 2.35 bits per heavy atom. The molecule has 5 nitrogen and oxygen atoms in total. The van der Waals surface area contributed by atoms with Crippen LogP contribution < -0.4 is 0 Å². The highest BCUT2D eigenvalue weighted by atomic mass is 16.3. The monoisotopic (exact) mass is 233 g/mol. The molecule has 0 saturated heterocycles. The van der Waals surface area contributed by atoms with Gasteiger partial charge in [0, 0.05) is 19.4 Å². The molecule has 17 heavy (non-hydrogen) atoms. The number of imidazole rings is 1. The van der Waals surface area contributed by atoms with E-state index in [0.29, 0.717) is 5.69 Å². The molecule has 2 aromatic rings. The third-order valence-corrected chi connectivity index (χ3v) is 2.83. The van der Waals surface area contributed by atoms with Gasteiger partial charge in [-0.25, -0.2) is 4.98 Å². The number of aliphatic hydroxyl groups excluding tert-OH is 1. The first-order valence-electron chi connectivity index (χ1n) is 5.45. The van der Waals surface area contributed by atoms with Crippen molar-refractivity contribution in [3.8, 4) is 0 Å². The first-order chi connectivity index (χ1) is 8.13. The zero-order valence-corrected chi connectivity index (χ0v) is 9.87. The maximum Gasteiger partial charge on any atom is 0.274 e. The van der Waals surface area contributed by atoms with E-state index in [1.807, 2.05) is 24.4 Å². The van der Waals surface area contributed by atoms with Crippen molar-refractivity contribution in [1.82, 2.24) is 14.3 Å². The van der Waals surface area contributed by atoms with Crippen LogP contribution in [-0.4, -0.2) is 45.0 Å².